The van der Waals surface area contributed by atoms with Crippen LogP contribution in [-0.2, 0) is 17.6 Å². The van der Waals surface area contributed by atoms with Crippen molar-refractivity contribution in [2.24, 2.45) is 5.92 Å². The zero-order valence-electron chi connectivity index (χ0n) is 18.6. The van der Waals surface area contributed by atoms with E-state index in [1.165, 1.54) is 0 Å². The van der Waals surface area contributed by atoms with Crippen molar-refractivity contribution in [3.8, 4) is 11.5 Å². The summed E-state index contributed by atoms with van der Waals surface area (Å²) in [4.78, 5) is 23.4. The first-order valence-corrected chi connectivity index (χ1v) is 11.1. The molecule has 0 amide bonds. The van der Waals surface area contributed by atoms with Crippen LogP contribution >= 0.6 is 0 Å². The van der Waals surface area contributed by atoms with Gasteiger partial charge in [-0.2, -0.15) is 0 Å². The highest BCUT2D eigenvalue weighted by atomic mass is 16.5. The van der Waals surface area contributed by atoms with Gasteiger partial charge in [-0.15, -0.1) is 0 Å². The third kappa shape index (κ3) is 6.58. The van der Waals surface area contributed by atoms with E-state index in [1.54, 1.807) is 0 Å². The summed E-state index contributed by atoms with van der Waals surface area (Å²) in [5.74, 6) is 1.00. The van der Waals surface area contributed by atoms with Gasteiger partial charge in [-0.1, -0.05) is 19.1 Å². The Hall–Kier alpha value is -2.82. The van der Waals surface area contributed by atoms with Gasteiger partial charge in [-0.05, 0) is 80.5 Å². The number of aryl methyl sites for hydroxylation is 3. The van der Waals surface area contributed by atoms with Gasteiger partial charge in [-0.25, -0.2) is 0 Å². The molecule has 0 spiro atoms. The van der Waals surface area contributed by atoms with E-state index in [0.717, 1.165) is 41.7 Å². The number of carbonyl (C=O) groups is 2. The van der Waals surface area contributed by atoms with E-state index in [-0.39, 0.29) is 24.2 Å². The second-order valence-electron chi connectivity index (χ2n) is 8.37. The SMILES string of the molecule is CCc1ccc(OC(C)CCOc2ccc(CCC(=O)O)c(C)c2)c(C(=O)C2CC2)c1. The molecule has 1 atom stereocenters. The fourth-order valence-corrected chi connectivity index (χ4v) is 3.56. The molecule has 2 aromatic rings. The van der Waals surface area contributed by atoms with Crippen LogP contribution in [0.5, 0.6) is 11.5 Å². The molecule has 1 aliphatic carbocycles. The summed E-state index contributed by atoms with van der Waals surface area (Å²) >= 11 is 0. The predicted molar refractivity (Wildman–Crippen MR) is 120 cm³/mol. The summed E-state index contributed by atoms with van der Waals surface area (Å²) in [5.41, 5.74) is 3.91. The predicted octanol–water partition coefficient (Wildman–Crippen LogP) is 5.40. The molecule has 0 saturated heterocycles. The molecule has 5 heteroatoms. The highest BCUT2D eigenvalue weighted by molar-refractivity contribution is 6.01. The first-order valence-electron chi connectivity index (χ1n) is 11.1. The van der Waals surface area contributed by atoms with E-state index in [0.29, 0.717) is 30.8 Å². The van der Waals surface area contributed by atoms with Crippen LogP contribution in [-0.4, -0.2) is 29.6 Å². The molecular weight excluding hydrogens is 392 g/mol. The fourth-order valence-electron chi connectivity index (χ4n) is 3.56. The van der Waals surface area contributed by atoms with Crippen molar-refractivity contribution in [1.29, 1.82) is 0 Å². The van der Waals surface area contributed by atoms with E-state index in [4.69, 9.17) is 14.6 Å². The minimum atomic E-state index is -0.792. The molecular formula is C26H32O5. The van der Waals surface area contributed by atoms with Crippen molar-refractivity contribution in [2.75, 3.05) is 6.61 Å². The molecule has 1 saturated carbocycles. The topological polar surface area (TPSA) is 72.8 Å². The molecule has 1 unspecified atom stereocenters. The maximum atomic E-state index is 12.7. The van der Waals surface area contributed by atoms with E-state index < -0.39 is 5.97 Å². The fraction of sp³-hybridized carbons (Fsp3) is 0.462. The lowest BCUT2D eigenvalue weighted by molar-refractivity contribution is -0.136. The minimum Gasteiger partial charge on any atom is -0.493 e. The van der Waals surface area contributed by atoms with Crippen molar-refractivity contribution < 1.29 is 24.2 Å². The molecule has 166 valence electrons. The number of carboxylic acids is 1. The molecule has 3 rings (SSSR count). The Morgan fingerprint density at radius 3 is 2.58 bits per heavy atom. The minimum absolute atomic E-state index is 0.0887. The molecule has 0 aliphatic heterocycles. The number of ketones is 1. The summed E-state index contributed by atoms with van der Waals surface area (Å²) < 4.78 is 12.0. The number of ether oxygens (including phenoxy) is 2. The second-order valence-corrected chi connectivity index (χ2v) is 8.37. The Morgan fingerprint density at radius 1 is 1.16 bits per heavy atom. The first-order chi connectivity index (χ1) is 14.9. The first kappa shape index (κ1) is 22.9. The highest BCUT2D eigenvalue weighted by Gasteiger charge is 2.32. The molecule has 0 bridgehead atoms. The Balaban J connectivity index is 1.53. The largest absolute Gasteiger partial charge is 0.493 e. The zero-order chi connectivity index (χ0) is 22.4. The van der Waals surface area contributed by atoms with Crippen LogP contribution in [0.25, 0.3) is 0 Å². The third-order valence-corrected chi connectivity index (χ3v) is 5.71. The Kier molecular flexibility index (Phi) is 7.72. The third-order valence-electron chi connectivity index (χ3n) is 5.71. The molecule has 1 fully saturated rings. The van der Waals surface area contributed by atoms with Crippen molar-refractivity contribution in [3.05, 3.63) is 58.7 Å². The van der Waals surface area contributed by atoms with Gasteiger partial charge in [0.05, 0.1) is 18.3 Å². The summed E-state index contributed by atoms with van der Waals surface area (Å²) in [5, 5.41) is 8.84. The number of carboxylic acid groups (broad SMARTS) is 1. The maximum absolute atomic E-state index is 12.7. The normalized spacial score (nSPS) is 14.2. The Morgan fingerprint density at radius 2 is 1.94 bits per heavy atom. The second kappa shape index (κ2) is 10.5. The number of aliphatic carboxylic acids is 1. The maximum Gasteiger partial charge on any atom is 0.303 e. The zero-order valence-corrected chi connectivity index (χ0v) is 18.6. The quantitative estimate of drug-likeness (QED) is 0.462. The van der Waals surface area contributed by atoms with Crippen LogP contribution in [0.3, 0.4) is 0 Å². The van der Waals surface area contributed by atoms with Crippen LogP contribution < -0.4 is 9.47 Å². The lowest BCUT2D eigenvalue weighted by Crippen LogP contribution is -2.18. The van der Waals surface area contributed by atoms with Gasteiger partial charge in [0.25, 0.3) is 0 Å². The van der Waals surface area contributed by atoms with Crippen LogP contribution in [0.2, 0.25) is 0 Å². The number of Topliss-reactive ketones (excluding diaryl/α,β-unsaturated/α-hetero) is 1. The van der Waals surface area contributed by atoms with Crippen LogP contribution in [0, 0.1) is 12.8 Å². The number of carbonyl (C=O) groups excluding carboxylic acids is 1. The summed E-state index contributed by atoms with van der Waals surface area (Å²) in [7, 11) is 0. The molecule has 31 heavy (non-hydrogen) atoms. The van der Waals surface area contributed by atoms with E-state index in [1.807, 2.05) is 50.2 Å². The lowest BCUT2D eigenvalue weighted by atomic mass is 10.0. The number of hydrogen-bond acceptors (Lipinski definition) is 4. The average molecular weight is 425 g/mol. The van der Waals surface area contributed by atoms with Crippen molar-refractivity contribution in [1.82, 2.24) is 0 Å². The average Bonchev–Trinajstić information content (AvgIpc) is 3.58. The number of rotatable bonds is 12. The standard InChI is InChI=1S/C26H32O5/c1-4-19-5-11-24(23(16-19)26(29)21-6-7-21)31-18(3)13-14-30-22-10-8-20(17(2)15-22)9-12-25(27)28/h5,8,10-11,15-16,18,21H,4,6-7,9,12-14H2,1-3H3,(H,27,28). The van der Waals surface area contributed by atoms with Crippen molar-refractivity contribution >= 4 is 11.8 Å². The van der Waals surface area contributed by atoms with Gasteiger partial charge in [-0.3, -0.25) is 9.59 Å². The summed E-state index contributed by atoms with van der Waals surface area (Å²) in [6.07, 6.45) is 4.09. The van der Waals surface area contributed by atoms with E-state index >= 15 is 0 Å². The van der Waals surface area contributed by atoms with Crippen molar-refractivity contribution in [3.63, 3.8) is 0 Å². The van der Waals surface area contributed by atoms with Crippen LogP contribution in [0.4, 0.5) is 0 Å². The highest BCUT2D eigenvalue weighted by Crippen LogP contribution is 2.36. The smallest absolute Gasteiger partial charge is 0.303 e. The Bertz CT molecular complexity index is 929. The van der Waals surface area contributed by atoms with Gasteiger partial charge in [0.2, 0.25) is 0 Å². The van der Waals surface area contributed by atoms with Gasteiger partial charge in [0, 0.05) is 18.8 Å². The molecule has 1 N–H and O–H groups in total. The molecule has 0 aromatic heterocycles. The van der Waals surface area contributed by atoms with Crippen molar-refractivity contribution in [2.45, 2.75) is 65.4 Å². The van der Waals surface area contributed by atoms with Gasteiger partial charge in [0.15, 0.2) is 5.78 Å². The van der Waals surface area contributed by atoms with E-state index in [2.05, 4.69) is 6.92 Å². The van der Waals surface area contributed by atoms with Gasteiger partial charge in [0.1, 0.15) is 11.5 Å². The summed E-state index contributed by atoms with van der Waals surface area (Å²) in [6.45, 7) is 6.53. The lowest BCUT2D eigenvalue weighted by Gasteiger charge is -2.18. The molecule has 0 radical (unpaired) electrons. The summed E-state index contributed by atoms with van der Waals surface area (Å²) in [6, 6.07) is 11.7. The van der Waals surface area contributed by atoms with E-state index in [9.17, 15) is 9.59 Å². The van der Waals surface area contributed by atoms with Gasteiger partial charge < -0.3 is 14.6 Å². The molecule has 1 aliphatic rings. The van der Waals surface area contributed by atoms with Gasteiger partial charge >= 0.3 is 5.97 Å². The molecule has 5 nitrogen and oxygen atoms in total. The molecule has 2 aromatic carbocycles. The number of hydrogen-bond donors (Lipinski definition) is 1. The van der Waals surface area contributed by atoms with Crippen LogP contribution in [0.1, 0.15) is 66.6 Å². The molecule has 0 heterocycles. The number of benzene rings is 2. The monoisotopic (exact) mass is 424 g/mol. The van der Waals surface area contributed by atoms with Crippen LogP contribution in [0.15, 0.2) is 36.4 Å². The Labute approximate surface area is 184 Å².